The minimum absolute atomic E-state index is 0.0593. The van der Waals surface area contributed by atoms with Gasteiger partial charge in [0.15, 0.2) is 0 Å². The van der Waals surface area contributed by atoms with Crippen molar-refractivity contribution in [2.75, 3.05) is 6.61 Å². The Morgan fingerprint density at radius 1 is 1.31 bits per heavy atom. The summed E-state index contributed by atoms with van der Waals surface area (Å²) in [5.74, 6) is -0.0593. The number of rotatable bonds is 5. The van der Waals surface area contributed by atoms with Crippen LogP contribution in [0, 0.1) is 0 Å². The maximum absolute atomic E-state index is 10.7. The lowest BCUT2D eigenvalue weighted by atomic mass is 10.2. The van der Waals surface area contributed by atoms with Gasteiger partial charge in [-0.15, -0.1) is 0 Å². The Bertz CT molecular complexity index is 121. The van der Waals surface area contributed by atoms with E-state index in [1.165, 1.54) is 6.92 Å². The van der Waals surface area contributed by atoms with Crippen molar-refractivity contribution in [1.29, 1.82) is 0 Å². The van der Waals surface area contributed by atoms with Crippen molar-refractivity contribution in [2.24, 2.45) is 0 Å². The van der Waals surface area contributed by atoms with Crippen LogP contribution in [-0.2, 0) is 14.3 Å². The summed E-state index contributed by atoms with van der Waals surface area (Å²) in [6, 6.07) is 0. The summed E-state index contributed by atoms with van der Waals surface area (Å²) < 4.78 is 4.75. The molecule has 0 rings (SSSR count). The maximum Gasteiger partial charge on any atom is 0.305 e. The fraction of sp³-hybridized carbons (Fsp3) is 0.800. The third-order valence-electron chi connectivity index (χ3n) is 1.29. The van der Waals surface area contributed by atoms with Crippen LogP contribution in [0.4, 0.5) is 0 Å². The van der Waals surface area contributed by atoms with Crippen LogP contribution in [0.3, 0.4) is 0 Å². The van der Waals surface area contributed by atoms with E-state index in [4.69, 9.17) is 9.53 Å². The quantitative estimate of drug-likeness (QED) is 0.378. The van der Waals surface area contributed by atoms with E-state index < -0.39 is 0 Å². The molecule has 0 spiro atoms. The van der Waals surface area contributed by atoms with Crippen molar-refractivity contribution in [3.63, 3.8) is 0 Å². The van der Waals surface area contributed by atoms with E-state index in [9.17, 15) is 4.79 Å². The van der Waals surface area contributed by atoms with E-state index >= 15 is 0 Å². The summed E-state index contributed by atoms with van der Waals surface area (Å²) in [4.78, 5) is 19.5. The monoisotopic (exact) mass is 188 g/mol. The van der Waals surface area contributed by atoms with Gasteiger partial charge in [-0.2, -0.15) is 0 Å². The molecule has 0 heterocycles. The molecule has 0 saturated carbocycles. The number of carbonyl (C=O) groups is 2. The molecule has 0 aliphatic heterocycles. The first-order valence-corrected chi connectivity index (χ1v) is 4.78. The fourth-order valence-corrected chi connectivity index (χ4v) is 0.752. The minimum Gasteiger partial charge on any atom is -0.466 e. The van der Waals surface area contributed by atoms with Gasteiger partial charge in [-0.25, -0.2) is 0 Å². The number of ether oxygens (including phenoxy) is 1. The molecule has 78 valence electrons. The van der Waals surface area contributed by atoms with E-state index in [0.717, 1.165) is 25.5 Å². The largest absolute Gasteiger partial charge is 0.466 e. The van der Waals surface area contributed by atoms with Crippen molar-refractivity contribution in [1.82, 2.24) is 0 Å². The zero-order valence-electron chi connectivity index (χ0n) is 8.84. The highest BCUT2D eigenvalue weighted by molar-refractivity contribution is 5.69. The molecule has 0 aliphatic carbocycles. The SMILES string of the molecule is CC=O.CCCCCC(=O)OCC. The van der Waals surface area contributed by atoms with Gasteiger partial charge in [0.1, 0.15) is 6.29 Å². The Morgan fingerprint density at radius 2 is 1.85 bits per heavy atom. The Hall–Kier alpha value is -0.860. The van der Waals surface area contributed by atoms with Crippen LogP contribution in [0.2, 0.25) is 0 Å². The molecule has 0 aromatic heterocycles. The number of hydrogen-bond donors (Lipinski definition) is 0. The van der Waals surface area contributed by atoms with Crippen molar-refractivity contribution < 1.29 is 14.3 Å². The van der Waals surface area contributed by atoms with E-state index in [1.807, 2.05) is 6.92 Å². The Balaban J connectivity index is 0. The summed E-state index contributed by atoms with van der Waals surface area (Å²) in [5.41, 5.74) is 0. The van der Waals surface area contributed by atoms with Crippen LogP contribution < -0.4 is 0 Å². The molecule has 0 amide bonds. The maximum atomic E-state index is 10.7. The third kappa shape index (κ3) is 18.3. The summed E-state index contributed by atoms with van der Waals surface area (Å²) >= 11 is 0. The number of hydrogen-bond acceptors (Lipinski definition) is 3. The number of unbranched alkanes of at least 4 members (excludes halogenated alkanes) is 2. The molecule has 13 heavy (non-hydrogen) atoms. The van der Waals surface area contributed by atoms with Crippen LogP contribution in [0.5, 0.6) is 0 Å². The standard InChI is InChI=1S/C8H16O2.C2H4O/c1-3-5-6-7-8(9)10-4-2;1-2-3/h3-7H2,1-2H3;2H,1H3. The molecule has 0 fully saturated rings. The van der Waals surface area contributed by atoms with Crippen LogP contribution in [-0.4, -0.2) is 18.9 Å². The highest BCUT2D eigenvalue weighted by Crippen LogP contribution is 1.99. The van der Waals surface area contributed by atoms with Crippen LogP contribution in [0.15, 0.2) is 0 Å². The van der Waals surface area contributed by atoms with E-state index in [-0.39, 0.29) is 5.97 Å². The Labute approximate surface area is 80.5 Å². The first kappa shape index (κ1) is 14.7. The van der Waals surface area contributed by atoms with Crippen molar-refractivity contribution in [3.8, 4) is 0 Å². The summed E-state index contributed by atoms with van der Waals surface area (Å²) in [6.45, 7) is 5.90. The van der Waals surface area contributed by atoms with Gasteiger partial charge in [0, 0.05) is 6.42 Å². The number of esters is 1. The average Bonchev–Trinajstić information content (AvgIpc) is 2.07. The average molecular weight is 188 g/mol. The smallest absolute Gasteiger partial charge is 0.305 e. The first-order chi connectivity index (χ1) is 6.22. The van der Waals surface area contributed by atoms with Crippen LogP contribution >= 0.6 is 0 Å². The summed E-state index contributed by atoms with van der Waals surface area (Å²) in [6.07, 6.45) is 4.58. The van der Waals surface area contributed by atoms with E-state index in [2.05, 4.69) is 6.92 Å². The molecule has 0 saturated heterocycles. The zero-order chi connectivity index (χ0) is 10.5. The molecule has 0 bridgehead atoms. The predicted molar refractivity (Wildman–Crippen MR) is 52.5 cm³/mol. The van der Waals surface area contributed by atoms with Gasteiger partial charge >= 0.3 is 5.97 Å². The van der Waals surface area contributed by atoms with Crippen LogP contribution in [0.1, 0.15) is 46.5 Å². The van der Waals surface area contributed by atoms with Crippen molar-refractivity contribution in [3.05, 3.63) is 0 Å². The predicted octanol–water partition coefficient (Wildman–Crippen LogP) is 2.33. The lowest BCUT2D eigenvalue weighted by molar-refractivity contribution is -0.143. The Kier molecular flexibility index (Phi) is 15.5. The molecule has 0 aliphatic rings. The minimum atomic E-state index is -0.0593. The highest BCUT2D eigenvalue weighted by Gasteiger charge is 1.98. The first-order valence-electron chi connectivity index (χ1n) is 4.78. The molecular formula is C10H20O3. The molecule has 0 radical (unpaired) electrons. The Morgan fingerprint density at radius 3 is 2.23 bits per heavy atom. The summed E-state index contributed by atoms with van der Waals surface area (Å²) in [5, 5.41) is 0. The lowest BCUT2D eigenvalue weighted by Crippen LogP contribution is -2.02. The van der Waals surface area contributed by atoms with Gasteiger partial charge in [0.2, 0.25) is 0 Å². The molecular weight excluding hydrogens is 168 g/mol. The molecule has 0 aromatic rings. The second-order valence-electron chi connectivity index (χ2n) is 2.50. The van der Waals surface area contributed by atoms with Gasteiger partial charge in [0.25, 0.3) is 0 Å². The van der Waals surface area contributed by atoms with Gasteiger partial charge < -0.3 is 9.53 Å². The molecule has 0 aromatic carbocycles. The van der Waals surface area contributed by atoms with Crippen molar-refractivity contribution in [2.45, 2.75) is 46.5 Å². The van der Waals surface area contributed by atoms with Gasteiger partial charge in [0.05, 0.1) is 6.61 Å². The molecule has 0 N–H and O–H groups in total. The fourth-order valence-electron chi connectivity index (χ4n) is 0.752. The normalized spacial score (nSPS) is 8.23. The van der Waals surface area contributed by atoms with E-state index in [1.54, 1.807) is 0 Å². The molecule has 0 atom stereocenters. The molecule has 3 nitrogen and oxygen atoms in total. The zero-order valence-corrected chi connectivity index (χ0v) is 8.84. The topological polar surface area (TPSA) is 43.4 Å². The second kappa shape index (κ2) is 13.7. The molecule has 0 unspecified atom stereocenters. The van der Waals surface area contributed by atoms with Gasteiger partial charge in [-0.1, -0.05) is 19.8 Å². The third-order valence-corrected chi connectivity index (χ3v) is 1.29. The van der Waals surface area contributed by atoms with Gasteiger partial charge in [-0.05, 0) is 20.3 Å². The number of carbonyl (C=O) groups excluding carboxylic acids is 2. The van der Waals surface area contributed by atoms with Crippen LogP contribution in [0.25, 0.3) is 0 Å². The van der Waals surface area contributed by atoms with Gasteiger partial charge in [-0.3, -0.25) is 4.79 Å². The second-order valence-corrected chi connectivity index (χ2v) is 2.50. The van der Waals surface area contributed by atoms with E-state index in [0.29, 0.717) is 13.0 Å². The lowest BCUT2D eigenvalue weighted by Gasteiger charge is -1.99. The number of aldehydes is 1. The van der Waals surface area contributed by atoms with Crippen molar-refractivity contribution >= 4 is 12.3 Å². The molecule has 3 heteroatoms. The summed E-state index contributed by atoms with van der Waals surface area (Å²) in [7, 11) is 0. The highest BCUT2D eigenvalue weighted by atomic mass is 16.5.